The second kappa shape index (κ2) is 11.4. The lowest BCUT2D eigenvalue weighted by atomic mass is 9.81. The van der Waals surface area contributed by atoms with E-state index >= 15 is 0 Å². The number of aliphatic imine (C=N–C) groups is 1. The largest absolute Gasteiger partial charge is 0.463 e. The van der Waals surface area contributed by atoms with Crippen molar-refractivity contribution < 1.29 is 23.0 Å². The fourth-order valence-corrected chi connectivity index (χ4v) is 6.55. The number of rotatable bonds is 6. The van der Waals surface area contributed by atoms with Gasteiger partial charge in [0.2, 0.25) is 0 Å². The number of carbonyl (C=O) groups excluding carboxylic acids is 1. The maximum atomic E-state index is 14.6. The van der Waals surface area contributed by atoms with Gasteiger partial charge in [-0.3, -0.25) is 4.99 Å². The molecule has 0 spiro atoms. The van der Waals surface area contributed by atoms with Gasteiger partial charge in [-0.05, 0) is 57.1 Å². The van der Waals surface area contributed by atoms with E-state index in [4.69, 9.17) is 26.1 Å². The third-order valence-corrected chi connectivity index (χ3v) is 8.75. The molecular weight excluding hydrogens is 560 g/mol. The lowest BCUT2D eigenvalue weighted by Crippen LogP contribution is -2.38. The van der Waals surface area contributed by atoms with E-state index in [9.17, 15) is 13.6 Å². The van der Waals surface area contributed by atoms with Crippen LogP contribution in [0.25, 0.3) is 0 Å². The summed E-state index contributed by atoms with van der Waals surface area (Å²) in [5, 5.41) is 10.0. The van der Waals surface area contributed by atoms with Crippen molar-refractivity contribution in [2.75, 3.05) is 13.2 Å². The second-order valence-electron chi connectivity index (χ2n) is 9.98. The third kappa shape index (κ3) is 4.95. The zero-order chi connectivity index (χ0) is 27.8. The summed E-state index contributed by atoms with van der Waals surface area (Å²) in [5.74, 6) is -2.54. The van der Waals surface area contributed by atoms with Gasteiger partial charge in [-0.1, -0.05) is 17.7 Å². The number of carbonyl (C=O) groups is 1. The van der Waals surface area contributed by atoms with Gasteiger partial charge in [0.25, 0.3) is 0 Å². The van der Waals surface area contributed by atoms with E-state index in [0.29, 0.717) is 23.0 Å². The van der Waals surface area contributed by atoms with Gasteiger partial charge in [-0.15, -0.1) is 11.3 Å². The molecule has 6 rings (SSSR count). The normalized spacial score (nSPS) is 22.9. The highest BCUT2D eigenvalue weighted by Gasteiger charge is 2.39. The summed E-state index contributed by atoms with van der Waals surface area (Å²) >= 11 is 7.69. The number of nitrogens with zero attached hydrogens (tertiary/aromatic N) is 4. The molecule has 3 aromatic rings. The summed E-state index contributed by atoms with van der Waals surface area (Å²) in [7, 11) is 0. The van der Waals surface area contributed by atoms with Gasteiger partial charge in [-0.25, -0.2) is 23.2 Å². The number of hydrogen-bond acceptors (Lipinski definition) is 8. The van der Waals surface area contributed by atoms with Crippen LogP contribution in [0.4, 0.5) is 8.78 Å². The highest BCUT2D eigenvalue weighted by atomic mass is 35.5. The predicted octanol–water partition coefficient (Wildman–Crippen LogP) is 5.68. The Labute approximate surface area is 239 Å². The van der Waals surface area contributed by atoms with Crippen LogP contribution in [-0.4, -0.2) is 39.8 Å². The van der Waals surface area contributed by atoms with Crippen molar-refractivity contribution in [3.05, 3.63) is 79.7 Å². The highest BCUT2D eigenvalue weighted by molar-refractivity contribution is 7.11. The molecule has 3 aliphatic rings. The molecule has 210 valence electrons. The first-order valence-corrected chi connectivity index (χ1v) is 14.7. The number of aromatic nitrogens is 3. The zero-order valence-corrected chi connectivity index (χ0v) is 23.4. The van der Waals surface area contributed by atoms with Crippen LogP contribution in [0.2, 0.25) is 5.02 Å². The number of fused-ring (bicyclic) bond motifs is 1. The van der Waals surface area contributed by atoms with Crippen molar-refractivity contribution in [1.82, 2.24) is 20.1 Å². The number of benzene rings is 1. The SMILES string of the molecule is CCOC(=O)C1=C(C2CCc3c(cnn3C3CCCCO3)C2)NC(c2nccs2)=NC1c1ccc(F)c(F)c1Cl. The minimum absolute atomic E-state index is 0.0558. The van der Waals surface area contributed by atoms with Crippen molar-refractivity contribution in [3.8, 4) is 0 Å². The van der Waals surface area contributed by atoms with Crippen molar-refractivity contribution in [3.63, 3.8) is 0 Å². The molecule has 2 aliphatic heterocycles. The zero-order valence-electron chi connectivity index (χ0n) is 21.8. The Balaban J connectivity index is 1.43. The Bertz CT molecular complexity index is 1480. The Hall–Kier alpha value is -3.15. The Morgan fingerprint density at radius 2 is 2.17 bits per heavy atom. The lowest BCUT2D eigenvalue weighted by molar-refractivity contribution is -0.139. The molecule has 0 amide bonds. The van der Waals surface area contributed by atoms with Gasteiger partial charge in [0, 0.05) is 41.1 Å². The first-order chi connectivity index (χ1) is 19.5. The van der Waals surface area contributed by atoms with Crippen LogP contribution in [0, 0.1) is 17.6 Å². The standard InChI is InChI=1S/C28H28ClF2N5O3S/c1-2-38-28(37)21-24(15-6-9-19-16(13-15)14-33-36(19)20-5-3-4-11-39-20)34-26(27-32-10-12-40-27)35-25(21)17-7-8-18(30)23(31)22(17)29/h7-8,10,12,14-15,20,25H,2-6,9,11,13H2,1H3,(H,34,35). The monoisotopic (exact) mass is 587 g/mol. The highest BCUT2D eigenvalue weighted by Crippen LogP contribution is 2.42. The number of esters is 1. The maximum Gasteiger partial charge on any atom is 0.338 e. The average Bonchev–Trinajstić information content (AvgIpc) is 3.66. The molecule has 4 heterocycles. The van der Waals surface area contributed by atoms with E-state index in [-0.39, 0.29) is 29.9 Å². The summed E-state index contributed by atoms with van der Waals surface area (Å²) in [6.45, 7) is 2.58. The van der Waals surface area contributed by atoms with Crippen LogP contribution in [0.3, 0.4) is 0 Å². The Morgan fingerprint density at radius 3 is 2.92 bits per heavy atom. The molecule has 12 heteroatoms. The van der Waals surface area contributed by atoms with Gasteiger partial charge in [0.1, 0.15) is 12.3 Å². The Kier molecular flexibility index (Phi) is 7.69. The number of amidine groups is 1. The minimum Gasteiger partial charge on any atom is -0.463 e. The number of allylic oxidation sites excluding steroid dienone is 1. The van der Waals surface area contributed by atoms with Gasteiger partial charge in [0.05, 0.1) is 23.4 Å². The average molecular weight is 588 g/mol. The minimum atomic E-state index is -1.19. The molecule has 1 aromatic carbocycles. The van der Waals surface area contributed by atoms with E-state index in [1.54, 1.807) is 13.1 Å². The van der Waals surface area contributed by atoms with Gasteiger partial charge < -0.3 is 14.8 Å². The number of nitrogens with one attached hydrogen (secondary N) is 1. The Morgan fingerprint density at radius 1 is 1.30 bits per heavy atom. The van der Waals surface area contributed by atoms with Crippen LogP contribution in [0.15, 0.2) is 46.2 Å². The molecule has 8 nitrogen and oxygen atoms in total. The summed E-state index contributed by atoms with van der Waals surface area (Å²) in [6.07, 6.45) is 8.66. The lowest BCUT2D eigenvalue weighted by Gasteiger charge is -2.34. The molecule has 40 heavy (non-hydrogen) atoms. The molecule has 3 atom stereocenters. The van der Waals surface area contributed by atoms with Crippen molar-refractivity contribution >= 4 is 34.7 Å². The number of ether oxygens (including phenoxy) is 2. The van der Waals surface area contributed by atoms with E-state index < -0.39 is 28.7 Å². The quantitative estimate of drug-likeness (QED) is 0.295. The summed E-state index contributed by atoms with van der Waals surface area (Å²) < 4.78 is 42.1. The molecule has 0 bridgehead atoms. The smallest absolute Gasteiger partial charge is 0.338 e. The molecule has 1 fully saturated rings. The second-order valence-corrected chi connectivity index (χ2v) is 11.2. The number of halogens is 3. The molecule has 2 aromatic heterocycles. The van der Waals surface area contributed by atoms with Crippen LogP contribution in [0.1, 0.15) is 66.7 Å². The molecule has 3 unspecified atom stereocenters. The molecule has 1 aliphatic carbocycles. The van der Waals surface area contributed by atoms with Crippen LogP contribution in [-0.2, 0) is 27.1 Å². The first kappa shape index (κ1) is 27.0. The van der Waals surface area contributed by atoms with Crippen molar-refractivity contribution in [1.29, 1.82) is 0 Å². The molecular formula is C28H28ClF2N5O3S. The summed E-state index contributed by atoms with van der Waals surface area (Å²) in [5.41, 5.74) is 3.26. The molecule has 1 saturated heterocycles. The number of hydrogen-bond donors (Lipinski definition) is 1. The van der Waals surface area contributed by atoms with Crippen LogP contribution < -0.4 is 5.32 Å². The third-order valence-electron chi connectivity index (χ3n) is 7.58. The van der Waals surface area contributed by atoms with Gasteiger partial charge >= 0.3 is 5.97 Å². The first-order valence-electron chi connectivity index (χ1n) is 13.4. The van der Waals surface area contributed by atoms with E-state index in [1.165, 1.54) is 17.4 Å². The van der Waals surface area contributed by atoms with Gasteiger partial charge in [0.15, 0.2) is 22.5 Å². The maximum absolute atomic E-state index is 14.6. The molecule has 1 N–H and O–H groups in total. The summed E-state index contributed by atoms with van der Waals surface area (Å²) in [6, 6.07) is 1.34. The topological polar surface area (TPSA) is 90.6 Å². The van der Waals surface area contributed by atoms with Gasteiger partial charge in [-0.2, -0.15) is 5.10 Å². The van der Waals surface area contributed by atoms with Crippen LogP contribution in [0.5, 0.6) is 0 Å². The van der Waals surface area contributed by atoms with Crippen LogP contribution >= 0.6 is 22.9 Å². The summed E-state index contributed by atoms with van der Waals surface area (Å²) in [4.78, 5) is 22.6. The molecule has 0 saturated carbocycles. The fraction of sp³-hybridized carbons (Fsp3) is 0.429. The molecule has 0 radical (unpaired) electrons. The fourth-order valence-electron chi connectivity index (χ4n) is 5.71. The van der Waals surface area contributed by atoms with E-state index in [0.717, 1.165) is 56.0 Å². The number of thiazole rings is 1. The predicted molar refractivity (Wildman–Crippen MR) is 146 cm³/mol. The van der Waals surface area contributed by atoms with E-state index in [1.807, 2.05) is 16.3 Å². The van der Waals surface area contributed by atoms with Crippen molar-refractivity contribution in [2.24, 2.45) is 10.9 Å². The van der Waals surface area contributed by atoms with Crippen molar-refractivity contribution in [2.45, 2.75) is 57.7 Å². The van der Waals surface area contributed by atoms with E-state index in [2.05, 4.69) is 15.4 Å².